The predicted octanol–water partition coefficient (Wildman–Crippen LogP) is 2.23. The Kier molecular flexibility index (Phi) is 6.11. The maximum absolute atomic E-state index is 13.7. The van der Waals surface area contributed by atoms with E-state index in [2.05, 4.69) is 15.1 Å². The number of hydrogen-bond acceptors (Lipinski definition) is 7. The molecule has 31 heavy (non-hydrogen) atoms. The molecule has 7 nitrogen and oxygen atoms in total. The first kappa shape index (κ1) is 20.7. The first-order valence-electron chi connectivity index (χ1n) is 10.8. The minimum Gasteiger partial charge on any atom is -0.379 e. The fraction of sp³-hybridized carbons (Fsp3) is 0.435. The van der Waals surface area contributed by atoms with Gasteiger partial charge in [0, 0.05) is 51.4 Å². The summed E-state index contributed by atoms with van der Waals surface area (Å²) in [7, 11) is 0. The molecule has 2 aliphatic heterocycles. The molecule has 1 atom stereocenters. The van der Waals surface area contributed by atoms with Crippen LogP contribution in [0.3, 0.4) is 0 Å². The van der Waals surface area contributed by atoms with Crippen LogP contribution in [-0.2, 0) is 4.74 Å². The van der Waals surface area contributed by atoms with E-state index in [1.165, 1.54) is 0 Å². The van der Waals surface area contributed by atoms with Crippen molar-refractivity contribution < 1.29 is 9.53 Å². The molecule has 3 heterocycles. The zero-order valence-electron chi connectivity index (χ0n) is 17.4. The lowest BCUT2D eigenvalue weighted by atomic mass is 9.99. The van der Waals surface area contributed by atoms with Gasteiger partial charge in [-0.25, -0.2) is 9.97 Å². The quantitative estimate of drug-likeness (QED) is 0.482. The number of hydrogen-bond donors (Lipinski definition) is 1. The van der Waals surface area contributed by atoms with E-state index in [9.17, 15) is 4.79 Å². The molecule has 0 amide bonds. The second-order valence-electron chi connectivity index (χ2n) is 8.08. The molecule has 0 radical (unpaired) electrons. The molecule has 162 valence electrons. The van der Waals surface area contributed by atoms with Crippen LogP contribution < -0.4 is 5.32 Å². The van der Waals surface area contributed by atoms with Crippen molar-refractivity contribution in [3.8, 4) is 0 Å². The minimum absolute atomic E-state index is 0.0838. The smallest absolute Gasteiger partial charge is 0.183 e. The van der Waals surface area contributed by atoms with Gasteiger partial charge in [0.2, 0.25) is 0 Å². The molecule has 5 rings (SSSR count). The molecule has 2 fully saturated rings. The Labute approximate surface area is 186 Å². The highest BCUT2D eigenvalue weighted by molar-refractivity contribution is 6.35. The summed E-state index contributed by atoms with van der Waals surface area (Å²) in [6.45, 7) is 7.68. The number of ether oxygens (including phenoxy) is 1. The van der Waals surface area contributed by atoms with E-state index in [1.54, 1.807) is 6.07 Å². The number of morpholine rings is 1. The molecule has 1 aromatic heterocycles. The maximum Gasteiger partial charge on any atom is 0.183 e. The summed E-state index contributed by atoms with van der Waals surface area (Å²) in [4.78, 5) is 27.8. The van der Waals surface area contributed by atoms with Gasteiger partial charge in [0.25, 0.3) is 0 Å². The molecule has 0 aliphatic carbocycles. The Morgan fingerprint density at radius 1 is 1.03 bits per heavy atom. The number of rotatable bonds is 5. The second-order valence-corrected chi connectivity index (χ2v) is 8.49. The molecule has 0 bridgehead atoms. The Bertz CT molecular complexity index is 1100. The van der Waals surface area contributed by atoms with E-state index >= 15 is 0 Å². The van der Waals surface area contributed by atoms with Gasteiger partial charge >= 0.3 is 0 Å². The van der Waals surface area contributed by atoms with Gasteiger partial charge in [-0.05, 0) is 24.3 Å². The van der Waals surface area contributed by atoms with Crippen LogP contribution in [0.4, 0.5) is 0 Å². The van der Waals surface area contributed by atoms with Crippen molar-refractivity contribution in [3.05, 3.63) is 47.0 Å². The van der Waals surface area contributed by atoms with Crippen LogP contribution in [-0.4, -0.2) is 90.6 Å². The maximum atomic E-state index is 13.7. The number of Topliss-reactive ketones (excluding diaryl/α,β-unsaturated/α-hetero) is 1. The second kappa shape index (κ2) is 9.14. The lowest BCUT2D eigenvalue weighted by Gasteiger charge is -2.37. The van der Waals surface area contributed by atoms with Gasteiger partial charge < -0.3 is 10.1 Å². The fourth-order valence-electron chi connectivity index (χ4n) is 4.43. The number of carbonyl (C=O) groups excluding carboxylic acids is 1. The molecule has 2 aliphatic rings. The number of halogens is 1. The van der Waals surface area contributed by atoms with Crippen molar-refractivity contribution in [3.63, 3.8) is 0 Å². The van der Waals surface area contributed by atoms with Crippen molar-refractivity contribution in [1.82, 2.24) is 25.1 Å². The van der Waals surface area contributed by atoms with Crippen LogP contribution in [0.25, 0.3) is 22.1 Å². The molecule has 1 unspecified atom stereocenters. The lowest BCUT2D eigenvalue weighted by Crippen LogP contribution is -2.56. The number of fused-ring (bicyclic) bond motifs is 2. The molecule has 0 saturated carbocycles. The molecule has 2 aromatic carbocycles. The fourth-order valence-corrected chi connectivity index (χ4v) is 4.64. The zero-order chi connectivity index (χ0) is 21.2. The first-order valence-corrected chi connectivity index (χ1v) is 11.2. The highest BCUT2D eigenvalue weighted by Crippen LogP contribution is 2.25. The van der Waals surface area contributed by atoms with Crippen molar-refractivity contribution in [1.29, 1.82) is 0 Å². The van der Waals surface area contributed by atoms with Gasteiger partial charge in [-0.15, -0.1) is 0 Å². The van der Waals surface area contributed by atoms with Gasteiger partial charge in [0.15, 0.2) is 5.78 Å². The Hall–Kier alpha value is -2.16. The monoisotopic (exact) mass is 439 g/mol. The van der Waals surface area contributed by atoms with Gasteiger partial charge in [-0.1, -0.05) is 23.7 Å². The lowest BCUT2D eigenvalue weighted by molar-refractivity contribution is 0.0290. The van der Waals surface area contributed by atoms with E-state index in [4.69, 9.17) is 26.3 Å². The van der Waals surface area contributed by atoms with Crippen LogP contribution in [0.15, 0.2) is 36.4 Å². The van der Waals surface area contributed by atoms with E-state index < -0.39 is 0 Å². The summed E-state index contributed by atoms with van der Waals surface area (Å²) in [5, 5.41) is 3.93. The number of nitrogens with zero attached hydrogens (tertiary/aromatic N) is 4. The summed E-state index contributed by atoms with van der Waals surface area (Å²) < 4.78 is 5.45. The summed E-state index contributed by atoms with van der Waals surface area (Å²) in [5.41, 5.74) is 3.30. The van der Waals surface area contributed by atoms with Gasteiger partial charge in [0.1, 0.15) is 11.0 Å². The molecular formula is C23H26ClN5O2. The van der Waals surface area contributed by atoms with Crippen molar-refractivity contribution in [2.45, 2.75) is 6.04 Å². The van der Waals surface area contributed by atoms with Gasteiger partial charge in [-0.3, -0.25) is 14.6 Å². The standard InChI is InChI=1S/C23H26ClN5O2/c24-17-4-2-6-19-22(17)27-21-16(3-1-5-18(21)26-19)23(30)20-15-25-7-8-29(20)10-9-28-11-13-31-14-12-28/h1-6,20,25H,7-15H2. The molecule has 0 spiro atoms. The van der Waals surface area contributed by atoms with E-state index in [0.29, 0.717) is 33.7 Å². The normalized spacial score (nSPS) is 21.0. The van der Waals surface area contributed by atoms with Gasteiger partial charge in [-0.2, -0.15) is 0 Å². The van der Waals surface area contributed by atoms with Crippen LogP contribution in [0, 0.1) is 0 Å². The molecule has 8 heteroatoms. The average Bonchev–Trinajstić information content (AvgIpc) is 2.82. The number of piperazine rings is 1. The Morgan fingerprint density at radius 2 is 1.81 bits per heavy atom. The van der Waals surface area contributed by atoms with Crippen LogP contribution >= 0.6 is 11.6 Å². The van der Waals surface area contributed by atoms with E-state index in [-0.39, 0.29) is 11.8 Å². The highest BCUT2D eigenvalue weighted by atomic mass is 35.5. The van der Waals surface area contributed by atoms with Crippen molar-refractivity contribution >= 4 is 39.5 Å². The summed E-state index contributed by atoms with van der Waals surface area (Å²) in [5.74, 6) is 0.0838. The largest absolute Gasteiger partial charge is 0.379 e. The highest BCUT2D eigenvalue weighted by Gasteiger charge is 2.31. The Balaban J connectivity index is 1.43. The molecule has 3 aromatic rings. The number of benzene rings is 2. The summed E-state index contributed by atoms with van der Waals surface area (Å²) in [6, 6.07) is 11.0. The van der Waals surface area contributed by atoms with Gasteiger partial charge in [0.05, 0.1) is 35.3 Å². The minimum atomic E-state index is -0.218. The number of ketones is 1. The van der Waals surface area contributed by atoms with Crippen LogP contribution in [0.1, 0.15) is 10.4 Å². The molecular weight excluding hydrogens is 414 g/mol. The molecule has 2 saturated heterocycles. The predicted molar refractivity (Wildman–Crippen MR) is 122 cm³/mol. The topological polar surface area (TPSA) is 70.6 Å². The molecule has 1 N–H and O–H groups in total. The summed E-state index contributed by atoms with van der Waals surface area (Å²) >= 11 is 6.36. The summed E-state index contributed by atoms with van der Waals surface area (Å²) in [6.07, 6.45) is 0. The van der Waals surface area contributed by atoms with Crippen LogP contribution in [0.5, 0.6) is 0 Å². The van der Waals surface area contributed by atoms with E-state index in [1.807, 2.05) is 30.3 Å². The Morgan fingerprint density at radius 3 is 2.65 bits per heavy atom. The third-order valence-corrected chi connectivity index (χ3v) is 6.48. The SMILES string of the molecule is O=C(c1cccc2nc3cccc(Cl)c3nc12)C1CNCCN1CCN1CCOCC1. The third kappa shape index (κ3) is 4.29. The number of carbonyl (C=O) groups is 1. The number of aromatic nitrogens is 2. The van der Waals surface area contributed by atoms with Crippen LogP contribution in [0.2, 0.25) is 5.02 Å². The van der Waals surface area contributed by atoms with Crippen molar-refractivity contribution in [2.75, 3.05) is 59.0 Å². The number of para-hydroxylation sites is 2. The van der Waals surface area contributed by atoms with E-state index in [0.717, 1.165) is 58.0 Å². The average molecular weight is 440 g/mol. The number of nitrogens with one attached hydrogen (secondary N) is 1. The zero-order valence-corrected chi connectivity index (χ0v) is 18.1. The third-order valence-electron chi connectivity index (χ3n) is 6.17. The van der Waals surface area contributed by atoms with Crippen molar-refractivity contribution in [2.24, 2.45) is 0 Å². The first-order chi connectivity index (χ1) is 15.2.